The van der Waals surface area contributed by atoms with Gasteiger partial charge >= 0.3 is 0 Å². The highest BCUT2D eigenvalue weighted by atomic mass is 28.3. The Morgan fingerprint density at radius 1 is 1.15 bits per heavy atom. The van der Waals surface area contributed by atoms with Crippen LogP contribution in [0.25, 0.3) is 0 Å². The Balaban J connectivity index is 2.86. The summed E-state index contributed by atoms with van der Waals surface area (Å²) in [5.74, 6) is 1.51. The molecule has 0 bridgehead atoms. The van der Waals surface area contributed by atoms with Crippen LogP contribution in [0.4, 0.5) is 0 Å². The van der Waals surface area contributed by atoms with Crippen molar-refractivity contribution in [2.45, 2.75) is 83.7 Å². The van der Waals surface area contributed by atoms with E-state index in [4.69, 9.17) is 10.00 Å². The molecular weight excluding hydrogens is 262 g/mol. The summed E-state index contributed by atoms with van der Waals surface area (Å²) >= 11 is 0. The Morgan fingerprint density at radius 3 is 2.25 bits per heavy atom. The third-order valence-electron chi connectivity index (χ3n) is 4.46. The molecule has 1 atom stereocenters. The van der Waals surface area contributed by atoms with Crippen molar-refractivity contribution in [2.75, 3.05) is 6.61 Å². The van der Waals surface area contributed by atoms with E-state index in [1.165, 1.54) is 37.4 Å². The number of nitriles is 1. The van der Waals surface area contributed by atoms with Crippen LogP contribution in [0.15, 0.2) is 0 Å². The molecule has 1 aliphatic rings. The molecule has 1 unspecified atom stereocenters. The first-order chi connectivity index (χ1) is 9.50. The molecule has 20 heavy (non-hydrogen) atoms. The third kappa shape index (κ3) is 5.58. The zero-order valence-corrected chi connectivity index (χ0v) is 15.0. The van der Waals surface area contributed by atoms with Crippen molar-refractivity contribution in [3.8, 4) is 6.07 Å². The summed E-state index contributed by atoms with van der Waals surface area (Å²) in [6, 6.07) is 6.38. The fourth-order valence-electron chi connectivity index (χ4n) is 4.08. The number of nitrogens with zero attached hydrogens (tertiary/aromatic N) is 1. The van der Waals surface area contributed by atoms with Gasteiger partial charge in [-0.25, -0.2) is 0 Å². The van der Waals surface area contributed by atoms with Crippen molar-refractivity contribution in [1.82, 2.24) is 0 Å². The summed E-state index contributed by atoms with van der Waals surface area (Å²) in [5.41, 5.74) is 0.555. The predicted octanol–water partition coefficient (Wildman–Crippen LogP) is 5.16. The van der Waals surface area contributed by atoms with Gasteiger partial charge in [-0.1, -0.05) is 45.8 Å². The Bertz CT molecular complexity index is 293. The van der Waals surface area contributed by atoms with Gasteiger partial charge in [-0.05, 0) is 37.5 Å². The van der Waals surface area contributed by atoms with Gasteiger partial charge < -0.3 is 4.74 Å². The largest absolute Gasteiger partial charge is 0.382 e. The molecule has 2 nitrogen and oxygen atoms in total. The van der Waals surface area contributed by atoms with Gasteiger partial charge in [0, 0.05) is 18.8 Å². The quantitative estimate of drug-likeness (QED) is 0.458. The minimum atomic E-state index is -1.43. The van der Waals surface area contributed by atoms with E-state index < -0.39 is 8.07 Å². The average molecular weight is 296 g/mol. The van der Waals surface area contributed by atoms with Crippen LogP contribution < -0.4 is 0 Å². The van der Waals surface area contributed by atoms with Crippen molar-refractivity contribution >= 4 is 8.07 Å². The molecule has 0 amide bonds. The van der Waals surface area contributed by atoms with E-state index in [0.717, 1.165) is 31.3 Å². The fraction of sp³-hybridized carbons (Fsp3) is 0.941. The molecule has 1 heterocycles. The molecule has 0 aliphatic carbocycles. The van der Waals surface area contributed by atoms with Crippen LogP contribution in [0.1, 0.15) is 59.8 Å². The van der Waals surface area contributed by atoms with Gasteiger partial charge in [0.2, 0.25) is 0 Å². The maximum Gasteiger partial charge on any atom is 0.0881 e. The number of hydrogen-bond acceptors (Lipinski definition) is 2. The second-order valence-electron chi connectivity index (χ2n) is 7.43. The molecule has 116 valence electrons. The molecule has 3 heteroatoms. The van der Waals surface area contributed by atoms with Gasteiger partial charge in [0.1, 0.15) is 0 Å². The standard InChI is InChI=1S/C17H33NOSi/c1-15(2)13-20(14-16(3)4,12-8-6-10-18)17-9-5-7-11-19-17/h15-17H,5-9,11-14H2,1-4H3. The van der Waals surface area contributed by atoms with Crippen molar-refractivity contribution < 1.29 is 4.74 Å². The first kappa shape index (κ1) is 17.7. The molecule has 0 N–H and O–H groups in total. The van der Waals surface area contributed by atoms with Crippen molar-refractivity contribution in [3.05, 3.63) is 0 Å². The number of hydrogen-bond donors (Lipinski definition) is 0. The second kappa shape index (κ2) is 8.84. The van der Waals surface area contributed by atoms with Gasteiger partial charge in [-0.2, -0.15) is 5.26 Å². The van der Waals surface area contributed by atoms with Gasteiger partial charge in [0.05, 0.1) is 14.1 Å². The summed E-state index contributed by atoms with van der Waals surface area (Å²) < 4.78 is 6.25. The molecular formula is C17H33NOSi. The first-order valence-corrected chi connectivity index (χ1v) is 11.2. The minimum Gasteiger partial charge on any atom is -0.382 e. The van der Waals surface area contributed by atoms with E-state index in [-0.39, 0.29) is 0 Å². The zero-order valence-electron chi connectivity index (χ0n) is 14.0. The minimum absolute atomic E-state index is 0.555. The SMILES string of the molecule is CC(C)C[Si](CCCC#N)(CC(C)C)C1CCCCO1. The van der Waals surface area contributed by atoms with Crippen LogP contribution >= 0.6 is 0 Å². The molecule has 0 aromatic carbocycles. The molecule has 1 fully saturated rings. The highest BCUT2D eigenvalue weighted by Gasteiger charge is 2.42. The lowest BCUT2D eigenvalue weighted by Crippen LogP contribution is -2.52. The van der Waals surface area contributed by atoms with Crippen LogP contribution in [0.5, 0.6) is 0 Å². The van der Waals surface area contributed by atoms with Crippen LogP contribution in [0.2, 0.25) is 18.1 Å². The lowest BCUT2D eigenvalue weighted by Gasteiger charge is -2.43. The summed E-state index contributed by atoms with van der Waals surface area (Å²) in [4.78, 5) is 0. The maximum atomic E-state index is 8.87. The number of ether oxygens (including phenoxy) is 1. The molecule has 1 rings (SSSR count). The molecule has 0 radical (unpaired) electrons. The lowest BCUT2D eigenvalue weighted by molar-refractivity contribution is 0.0576. The van der Waals surface area contributed by atoms with E-state index in [2.05, 4.69) is 33.8 Å². The smallest absolute Gasteiger partial charge is 0.0881 e. The normalized spacial score (nSPS) is 20.4. The van der Waals surface area contributed by atoms with Crippen LogP contribution in [0, 0.1) is 23.2 Å². The van der Waals surface area contributed by atoms with Crippen molar-refractivity contribution in [3.63, 3.8) is 0 Å². The van der Waals surface area contributed by atoms with Crippen molar-refractivity contribution in [1.29, 1.82) is 5.26 Å². The van der Waals surface area contributed by atoms with E-state index in [0.29, 0.717) is 5.73 Å². The molecule has 0 saturated carbocycles. The molecule has 1 aliphatic heterocycles. The Labute approximate surface area is 126 Å². The molecule has 0 aromatic rings. The summed E-state index contributed by atoms with van der Waals surface area (Å²) in [6.45, 7) is 10.4. The van der Waals surface area contributed by atoms with Gasteiger partial charge in [0.25, 0.3) is 0 Å². The number of rotatable bonds is 8. The molecule has 0 spiro atoms. The summed E-state index contributed by atoms with van der Waals surface area (Å²) in [5, 5.41) is 8.87. The maximum absolute atomic E-state index is 8.87. The molecule has 1 saturated heterocycles. The Morgan fingerprint density at radius 2 is 1.80 bits per heavy atom. The van der Waals surface area contributed by atoms with E-state index >= 15 is 0 Å². The lowest BCUT2D eigenvalue weighted by atomic mass is 10.2. The summed E-state index contributed by atoms with van der Waals surface area (Å²) in [6.07, 6.45) is 5.66. The third-order valence-corrected chi connectivity index (χ3v) is 10.9. The number of unbranched alkanes of at least 4 members (excludes halogenated alkanes) is 1. The monoisotopic (exact) mass is 295 g/mol. The van der Waals surface area contributed by atoms with E-state index in [9.17, 15) is 0 Å². The Kier molecular flexibility index (Phi) is 7.83. The van der Waals surface area contributed by atoms with Crippen LogP contribution in [-0.2, 0) is 4.74 Å². The van der Waals surface area contributed by atoms with E-state index in [1.807, 2.05) is 0 Å². The average Bonchev–Trinajstić information content (AvgIpc) is 2.38. The molecule has 0 aromatic heterocycles. The summed E-state index contributed by atoms with van der Waals surface area (Å²) in [7, 11) is -1.43. The fourth-order valence-corrected chi connectivity index (χ4v) is 10.9. The second-order valence-corrected chi connectivity index (χ2v) is 12.1. The van der Waals surface area contributed by atoms with Gasteiger partial charge in [-0.3, -0.25) is 0 Å². The van der Waals surface area contributed by atoms with Crippen molar-refractivity contribution in [2.24, 2.45) is 11.8 Å². The van der Waals surface area contributed by atoms with Gasteiger partial charge in [0.15, 0.2) is 0 Å². The topological polar surface area (TPSA) is 33.0 Å². The highest BCUT2D eigenvalue weighted by Crippen LogP contribution is 2.38. The predicted molar refractivity (Wildman–Crippen MR) is 88.3 cm³/mol. The van der Waals surface area contributed by atoms with E-state index in [1.54, 1.807) is 0 Å². The van der Waals surface area contributed by atoms with Crippen LogP contribution in [-0.4, -0.2) is 20.4 Å². The van der Waals surface area contributed by atoms with Gasteiger partial charge in [-0.15, -0.1) is 0 Å². The van der Waals surface area contributed by atoms with Crippen LogP contribution in [0.3, 0.4) is 0 Å². The zero-order chi connectivity index (χ0) is 15.0. The Hall–Kier alpha value is -0.333. The highest BCUT2D eigenvalue weighted by molar-refractivity contribution is 6.81. The first-order valence-electron chi connectivity index (χ1n) is 8.49.